The molecule has 2 N–H and O–H groups in total. The Hall–Kier alpha value is -3.81. The standard InChI is InChI=1S/C22H21FN4O3/c1-13-4-5-16(12-20(13)24-15(3)28)19-10-11-21(29)27(26-19)14(2)22(30)25-18-8-6-17(23)7-9-18/h4-12,14H,1-3H3,(H,24,28)(H,25,30)/t14-/m1/s1. The molecule has 0 saturated heterocycles. The number of amides is 2. The molecule has 8 heteroatoms. The van der Waals surface area contributed by atoms with Gasteiger partial charge in [-0.1, -0.05) is 12.1 Å². The third-order valence-electron chi connectivity index (χ3n) is 4.53. The Morgan fingerprint density at radius 1 is 1.03 bits per heavy atom. The molecule has 0 bridgehead atoms. The average molecular weight is 408 g/mol. The summed E-state index contributed by atoms with van der Waals surface area (Å²) in [4.78, 5) is 36.3. The Bertz CT molecular complexity index is 1160. The summed E-state index contributed by atoms with van der Waals surface area (Å²) in [5, 5.41) is 9.73. The molecule has 3 rings (SSSR count). The number of nitrogens with zero attached hydrogens (tertiary/aromatic N) is 2. The number of rotatable bonds is 5. The minimum Gasteiger partial charge on any atom is -0.326 e. The zero-order valence-corrected chi connectivity index (χ0v) is 16.8. The lowest BCUT2D eigenvalue weighted by molar-refractivity contribution is -0.119. The van der Waals surface area contributed by atoms with E-state index in [-0.39, 0.29) is 5.91 Å². The average Bonchev–Trinajstić information content (AvgIpc) is 2.71. The quantitative estimate of drug-likeness (QED) is 0.676. The van der Waals surface area contributed by atoms with Crippen molar-refractivity contribution in [2.75, 3.05) is 10.6 Å². The number of carbonyl (C=O) groups excluding carboxylic acids is 2. The molecule has 0 spiro atoms. The van der Waals surface area contributed by atoms with Gasteiger partial charge in [0.05, 0.1) is 5.69 Å². The van der Waals surface area contributed by atoms with Gasteiger partial charge in [0.1, 0.15) is 11.9 Å². The van der Waals surface area contributed by atoms with Crippen LogP contribution in [0.3, 0.4) is 0 Å². The zero-order chi connectivity index (χ0) is 21.8. The minimum atomic E-state index is -0.900. The predicted molar refractivity (Wildman–Crippen MR) is 113 cm³/mol. The monoisotopic (exact) mass is 408 g/mol. The fourth-order valence-electron chi connectivity index (χ4n) is 2.85. The van der Waals surface area contributed by atoms with E-state index in [1.54, 1.807) is 19.1 Å². The molecule has 0 aliphatic heterocycles. The van der Waals surface area contributed by atoms with Gasteiger partial charge in [0.2, 0.25) is 11.8 Å². The van der Waals surface area contributed by atoms with Crippen LogP contribution in [0.15, 0.2) is 59.4 Å². The first kappa shape index (κ1) is 20.9. The van der Waals surface area contributed by atoms with Gasteiger partial charge in [-0.3, -0.25) is 14.4 Å². The minimum absolute atomic E-state index is 0.195. The van der Waals surface area contributed by atoms with Crippen molar-refractivity contribution in [3.8, 4) is 11.3 Å². The van der Waals surface area contributed by atoms with Crippen molar-refractivity contribution in [1.82, 2.24) is 9.78 Å². The molecule has 2 amide bonds. The summed E-state index contributed by atoms with van der Waals surface area (Å²) in [5.74, 6) is -1.07. The molecule has 1 aromatic heterocycles. The van der Waals surface area contributed by atoms with Crippen molar-refractivity contribution in [3.05, 3.63) is 76.3 Å². The Morgan fingerprint density at radius 2 is 1.73 bits per heavy atom. The summed E-state index contributed by atoms with van der Waals surface area (Å²) >= 11 is 0. The van der Waals surface area contributed by atoms with E-state index in [2.05, 4.69) is 15.7 Å². The lowest BCUT2D eigenvalue weighted by atomic mass is 10.1. The maximum Gasteiger partial charge on any atom is 0.267 e. The second-order valence-electron chi connectivity index (χ2n) is 6.88. The normalized spacial score (nSPS) is 11.6. The van der Waals surface area contributed by atoms with Crippen LogP contribution < -0.4 is 16.2 Å². The molecule has 7 nitrogen and oxygen atoms in total. The number of aromatic nitrogens is 2. The fraction of sp³-hybridized carbons (Fsp3) is 0.182. The third-order valence-corrected chi connectivity index (χ3v) is 4.53. The van der Waals surface area contributed by atoms with Gasteiger partial charge in [-0.2, -0.15) is 5.10 Å². The van der Waals surface area contributed by atoms with Crippen molar-refractivity contribution in [2.24, 2.45) is 0 Å². The van der Waals surface area contributed by atoms with Gasteiger partial charge in [-0.05, 0) is 55.8 Å². The van der Waals surface area contributed by atoms with Crippen LogP contribution in [0.4, 0.5) is 15.8 Å². The number of benzene rings is 2. The van der Waals surface area contributed by atoms with E-state index in [1.165, 1.54) is 37.3 Å². The zero-order valence-electron chi connectivity index (χ0n) is 16.8. The Balaban J connectivity index is 1.89. The van der Waals surface area contributed by atoms with E-state index in [0.717, 1.165) is 10.2 Å². The molecule has 2 aromatic carbocycles. The smallest absolute Gasteiger partial charge is 0.267 e. The highest BCUT2D eigenvalue weighted by Crippen LogP contribution is 2.24. The number of carbonyl (C=O) groups is 2. The topological polar surface area (TPSA) is 93.1 Å². The first-order valence-electron chi connectivity index (χ1n) is 9.29. The largest absolute Gasteiger partial charge is 0.326 e. The highest BCUT2D eigenvalue weighted by Gasteiger charge is 2.18. The number of hydrogen-bond donors (Lipinski definition) is 2. The maximum atomic E-state index is 13.0. The van der Waals surface area contributed by atoms with Gasteiger partial charge >= 0.3 is 0 Å². The summed E-state index contributed by atoms with van der Waals surface area (Å²) in [6.45, 7) is 4.84. The molecule has 0 aliphatic carbocycles. The molecule has 0 radical (unpaired) electrons. The Kier molecular flexibility index (Phi) is 6.06. The van der Waals surface area contributed by atoms with Gasteiger partial charge < -0.3 is 10.6 Å². The molecule has 0 aliphatic rings. The van der Waals surface area contributed by atoms with Crippen LogP contribution >= 0.6 is 0 Å². The van der Waals surface area contributed by atoms with E-state index in [1.807, 2.05) is 19.1 Å². The number of hydrogen-bond acceptors (Lipinski definition) is 4. The van der Waals surface area contributed by atoms with Crippen molar-refractivity contribution < 1.29 is 14.0 Å². The van der Waals surface area contributed by atoms with Gasteiger partial charge in [-0.25, -0.2) is 9.07 Å². The number of nitrogens with one attached hydrogen (secondary N) is 2. The van der Waals surface area contributed by atoms with Crippen molar-refractivity contribution in [1.29, 1.82) is 0 Å². The molecule has 30 heavy (non-hydrogen) atoms. The summed E-state index contributed by atoms with van der Waals surface area (Å²) in [6.07, 6.45) is 0. The predicted octanol–water partition coefficient (Wildman–Crippen LogP) is 3.52. The van der Waals surface area contributed by atoms with Crippen molar-refractivity contribution >= 4 is 23.2 Å². The first-order valence-corrected chi connectivity index (χ1v) is 9.29. The first-order chi connectivity index (χ1) is 14.2. The molecule has 0 saturated carbocycles. The number of halogens is 1. The highest BCUT2D eigenvalue weighted by atomic mass is 19.1. The van der Waals surface area contributed by atoms with Crippen LogP contribution in [0.5, 0.6) is 0 Å². The van der Waals surface area contributed by atoms with Gasteiger partial charge in [0, 0.05) is 29.9 Å². The molecule has 1 heterocycles. The fourth-order valence-corrected chi connectivity index (χ4v) is 2.85. The molecule has 0 unspecified atom stereocenters. The van der Waals surface area contributed by atoms with Crippen molar-refractivity contribution in [3.63, 3.8) is 0 Å². The van der Waals surface area contributed by atoms with Crippen LogP contribution in [0.2, 0.25) is 0 Å². The van der Waals surface area contributed by atoms with E-state index in [0.29, 0.717) is 22.6 Å². The number of aryl methyl sites for hydroxylation is 1. The van der Waals surface area contributed by atoms with Gasteiger partial charge in [0.15, 0.2) is 0 Å². The Labute approximate surface area is 172 Å². The molecule has 1 atom stereocenters. The van der Waals surface area contributed by atoms with Gasteiger partial charge in [-0.15, -0.1) is 0 Å². The summed E-state index contributed by atoms with van der Waals surface area (Å²) < 4.78 is 14.1. The van der Waals surface area contributed by atoms with Crippen LogP contribution in [0.25, 0.3) is 11.3 Å². The highest BCUT2D eigenvalue weighted by molar-refractivity contribution is 5.93. The van der Waals surface area contributed by atoms with Gasteiger partial charge in [0.25, 0.3) is 5.56 Å². The van der Waals surface area contributed by atoms with E-state index in [4.69, 9.17) is 0 Å². The lowest BCUT2D eigenvalue weighted by Gasteiger charge is -2.15. The second kappa shape index (κ2) is 8.69. The van der Waals surface area contributed by atoms with Crippen molar-refractivity contribution in [2.45, 2.75) is 26.8 Å². The second-order valence-corrected chi connectivity index (χ2v) is 6.88. The summed E-state index contributed by atoms with van der Waals surface area (Å²) in [5.41, 5.74) is 2.66. The van der Waals surface area contributed by atoms with Crippen LogP contribution in [-0.4, -0.2) is 21.6 Å². The van der Waals surface area contributed by atoms with Crippen LogP contribution in [0.1, 0.15) is 25.5 Å². The number of anilines is 2. The summed E-state index contributed by atoms with van der Waals surface area (Å²) in [7, 11) is 0. The lowest BCUT2D eigenvalue weighted by Crippen LogP contribution is -2.33. The SMILES string of the molecule is CC(=O)Nc1cc(-c2ccc(=O)n([C@H](C)C(=O)Nc3ccc(F)cc3)n2)ccc1C. The molecular formula is C22H21FN4O3. The Morgan fingerprint density at radius 3 is 2.40 bits per heavy atom. The van der Waals surface area contributed by atoms with Crippen LogP contribution in [-0.2, 0) is 9.59 Å². The molecule has 0 fully saturated rings. The van der Waals surface area contributed by atoms with E-state index >= 15 is 0 Å². The summed E-state index contributed by atoms with van der Waals surface area (Å²) in [6, 6.07) is 12.7. The van der Waals surface area contributed by atoms with Crippen LogP contribution in [0, 0.1) is 12.7 Å². The molecule has 3 aromatic rings. The maximum absolute atomic E-state index is 13.0. The van der Waals surface area contributed by atoms with E-state index < -0.39 is 23.3 Å². The molecular weight excluding hydrogens is 387 g/mol. The third kappa shape index (κ3) is 4.78. The molecule has 154 valence electrons. The van der Waals surface area contributed by atoms with E-state index in [9.17, 15) is 18.8 Å².